The molecule has 0 spiro atoms. The number of hydrogen-bond acceptors (Lipinski definition) is 12. The fraction of sp³-hybridized carbons (Fsp3) is 0.643. The third kappa shape index (κ3) is 9.52. The van der Waals surface area contributed by atoms with Gasteiger partial charge in [-0.2, -0.15) is 0 Å². The van der Waals surface area contributed by atoms with E-state index in [0.29, 0.717) is 17.5 Å². The lowest BCUT2D eigenvalue weighted by Crippen LogP contribution is -2.61. The van der Waals surface area contributed by atoms with Crippen molar-refractivity contribution in [3.63, 3.8) is 0 Å². The lowest BCUT2D eigenvalue weighted by atomic mass is 9.82. The Balaban J connectivity index is 1.39. The molecule has 12 nitrogen and oxygen atoms in total. The van der Waals surface area contributed by atoms with E-state index in [0.717, 1.165) is 6.42 Å². The topological polar surface area (TPSA) is 134 Å². The Morgan fingerprint density at radius 1 is 0.556 bits per heavy atom. The third-order valence-corrected chi connectivity index (χ3v) is 11.6. The molecule has 0 bridgehead atoms. The van der Waals surface area contributed by atoms with E-state index in [4.69, 9.17) is 42.6 Å². The number of esters is 3. The number of carbonyl (C=O) groups is 3. The van der Waals surface area contributed by atoms with E-state index in [1.54, 1.807) is 48.5 Å². The second-order valence-corrected chi connectivity index (χ2v) is 15.0. The maximum atomic E-state index is 13.4. The largest absolute Gasteiger partial charge is 0.454 e. The summed E-state index contributed by atoms with van der Waals surface area (Å²) < 4.78 is 56.5. The van der Waals surface area contributed by atoms with E-state index in [1.807, 2.05) is 39.8 Å². The average Bonchev–Trinajstić information content (AvgIpc) is 3.18. The molecule has 2 aromatic rings. The lowest BCUT2D eigenvalue weighted by Gasteiger charge is -2.49. The van der Waals surface area contributed by atoms with Gasteiger partial charge in [0, 0.05) is 31.8 Å². The highest BCUT2D eigenvalue weighted by molar-refractivity contribution is 5.90. The summed E-state index contributed by atoms with van der Waals surface area (Å²) >= 11 is 0. The zero-order chi connectivity index (χ0) is 39.1. The minimum absolute atomic E-state index is 0.0121. The van der Waals surface area contributed by atoms with Gasteiger partial charge in [-0.1, -0.05) is 84.9 Å². The number of benzene rings is 2. The molecule has 0 aliphatic carbocycles. The van der Waals surface area contributed by atoms with Crippen molar-refractivity contribution in [1.82, 2.24) is 0 Å². The van der Waals surface area contributed by atoms with Crippen LogP contribution in [0.5, 0.6) is 0 Å². The normalized spacial score (nSPS) is 36.9. The summed E-state index contributed by atoms with van der Waals surface area (Å²) in [6.45, 7) is 15.6. The second-order valence-electron chi connectivity index (χ2n) is 15.0. The van der Waals surface area contributed by atoms with Crippen molar-refractivity contribution in [2.75, 3.05) is 13.7 Å². The summed E-state index contributed by atoms with van der Waals surface area (Å²) in [6, 6.07) is 17.6. The summed E-state index contributed by atoms with van der Waals surface area (Å²) in [5.74, 6) is -2.00. The molecular formula is C42H58O12. The van der Waals surface area contributed by atoms with Crippen LogP contribution in [0.25, 0.3) is 0 Å². The van der Waals surface area contributed by atoms with Gasteiger partial charge in [0.1, 0.15) is 6.10 Å². The molecule has 3 fully saturated rings. The molecule has 12 heteroatoms. The highest BCUT2D eigenvalue weighted by Gasteiger charge is 2.52. The maximum absolute atomic E-state index is 13.4. The molecule has 5 rings (SSSR count). The molecule has 0 saturated carbocycles. The molecule has 15 atom stereocenters. The first kappa shape index (κ1) is 41.8. The average molecular weight is 755 g/mol. The smallest absolute Gasteiger partial charge is 0.338 e. The van der Waals surface area contributed by atoms with Crippen LogP contribution in [0.4, 0.5) is 0 Å². The maximum Gasteiger partial charge on any atom is 0.338 e. The molecular weight excluding hydrogens is 696 g/mol. The Morgan fingerprint density at radius 3 is 1.48 bits per heavy atom. The SMILES string of the molecule is CCC1OC(OCC2OC(OC)C(OC(C)=O)C(OC3OC(CC)C(C)C(C)C3OC(=O)c3ccccc3)C2C)C(OC(=O)c2ccccc2)C(C)C1C. The molecule has 0 radical (unpaired) electrons. The van der Waals surface area contributed by atoms with E-state index in [-0.39, 0.29) is 42.5 Å². The molecule has 298 valence electrons. The van der Waals surface area contributed by atoms with E-state index in [2.05, 4.69) is 20.8 Å². The van der Waals surface area contributed by atoms with E-state index >= 15 is 0 Å². The summed E-state index contributed by atoms with van der Waals surface area (Å²) in [4.78, 5) is 39.1. The molecule has 3 saturated heterocycles. The first-order valence-corrected chi connectivity index (χ1v) is 19.3. The van der Waals surface area contributed by atoms with Crippen molar-refractivity contribution in [3.05, 3.63) is 71.8 Å². The van der Waals surface area contributed by atoms with Gasteiger partial charge in [0.2, 0.25) is 0 Å². The minimum Gasteiger partial charge on any atom is -0.454 e. The van der Waals surface area contributed by atoms with Gasteiger partial charge in [-0.05, 0) is 48.9 Å². The molecule has 3 aliphatic heterocycles. The second kappa shape index (κ2) is 19.0. The first-order valence-electron chi connectivity index (χ1n) is 19.3. The zero-order valence-electron chi connectivity index (χ0n) is 33.0. The van der Waals surface area contributed by atoms with Gasteiger partial charge in [-0.15, -0.1) is 0 Å². The van der Waals surface area contributed by atoms with Crippen molar-refractivity contribution in [2.24, 2.45) is 29.6 Å². The molecule has 15 unspecified atom stereocenters. The Labute approximate surface area is 319 Å². The van der Waals surface area contributed by atoms with Crippen LogP contribution in [0.2, 0.25) is 0 Å². The van der Waals surface area contributed by atoms with Gasteiger partial charge in [0.05, 0.1) is 36.0 Å². The Kier molecular flexibility index (Phi) is 14.7. The van der Waals surface area contributed by atoms with Crippen LogP contribution in [0.1, 0.15) is 88.9 Å². The van der Waals surface area contributed by atoms with Gasteiger partial charge in [0.15, 0.2) is 37.2 Å². The summed E-state index contributed by atoms with van der Waals surface area (Å²) in [5, 5.41) is 0. The van der Waals surface area contributed by atoms with Gasteiger partial charge in [-0.3, -0.25) is 4.79 Å². The van der Waals surface area contributed by atoms with Crippen LogP contribution in [-0.4, -0.2) is 93.2 Å². The summed E-state index contributed by atoms with van der Waals surface area (Å²) in [5.41, 5.74) is 0.846. The molecule has 0 amide bonds. The monoisotopic (exact) mass is 754 g/mol. The van der Waals surface area contributed by atoms with Crippen LogP contribution in [0.15, 0.2) is 60.7 Å². The lowest BCUT2D eigenvalue weighted by molar-refractivity contribution is -0.347. The van der Waals surface area contributed by atoms with Crippen molar-refractivity contribution >= 4 is 17.9 Å². The highest BCUT2D eigenvalue weighted by Crippen LogP contribution is 2.40. The Bertz CT molecular complexity index is 1510. The molecule has 0 N–H and O–H groups in total. The quantitative estimate of drug-likeness (QED) is 0.161. The van der Waals surface area contributed by atoms with Crippen LogP contribution in [0, 0.1) is 29.6 Å². The fourth-order valence-corrected chi connectivity index (χ4v) is 7.84. The number of carbonyl (C=O) groups excluding carboxylic acids is 3. The van der Waals surface area contributed by atoms with E-state index in [1.165, 1.54) is 14.0 Å². The van der Waals surface area contributed by atoms with Gasteiger partial charge in [-0.25, -0.2) is 9.59 Å². The van der Waals surface area contributed by atoms with Crippen LogP contribution >= 0.6 is 0 Å². The number of ether oxygens (including phenoxy) is 9. The molecule has 0 aromatic heterocycles. The third-order valence-electron chi connectivity index (χ3n) is 11.6. The predicted molar refractivity (Wildman–Crippen MR) is 197 cm³/mol. The Hall–Kier alpha value is -3.39. The number of hydrogen-bond donors (Lipinski definition) is 0. The molecule has 3 aliphatic rings. The van der Waals surface area contributed by atoms with E-state index in [9.17, 15) is 14.4 Å². The summed E-state index contributed by atoms with van der Waals surface area (Å²) in [6.07, 6.45) is -5.67. The van der Waals surface area contributed by atoms with Crippen LogP contribution in [0.3, 0.4) is 0 Å². The molecule has 54 heavy (non-hydrogen) atoms. The zero-order valence-corrected chi connectivity index (χ0v) is 33.0. The predicted octanol–water partition coefficient (Wildman–Crippen LogP) is 6.59. The van der Waals surface area contributed by atoms with Gasteiger partial charge >= 0.3 is 17.9 Å². The molecule has 2 aromatic carbocycles. The number of methoxy groups -OCH3 is 1. The van der Waals surface area contributed by atoms with Gasteiger partial charge < -0.3 is 42.6 Å². The van der Waals surface area contributed by atoms with Crippen LogP contribution < -0.4 is 0 Å². The standard InChI is InChI=1S/C42H58O12/c1-10-31-23(3)25(5)35(52-38(44)29-18-14-12-15-19-29)41(49-31)47-22-33-27(7)34(37(48-28(8)43)40(46-9)51-33)54-42-36(26(6)24(4)32(11-2)50-42)53-39(45)30-20-16-13-17-21-30/h12-21,23-27,31-37,40-42H,10-11,22H2,1-9H3. The van der Waals surface area contributed by atoms with Crippen LogP contribution in [-0.2, 0) is 47.4 Å². The van der Waals surface area contributed by atoms with Crippen molar-refractivity contribution < 1.29 is 57.0 Å². The number of rotatable bonds is 13. The van der Waals surface area contributed by atoms with Crippen molar-refractivity contribution in [3.8, 4) is 0 Å². The molecule has 3 heterocycles. The summed E-state index contributed by atoms with van der Waals surface area (Å²) in [7, 11) is 1.46. The van der Waals surface area contributed by atoms with Gasteiger partial charge in [0.25, 0.3) is 0 Å². The van der Waals surface area contributed by atoms with E-state index < -0.39 is 73.2 Å². The van der Waals surface area contributed by atoms with Crippen molar-refractivity contribution in [1.29, 1.82) is 0 Å². The fourth-order valence-electron chi connectivity index (χ4n) is 7.84. The first-order chi connectivity index (χ1) is 25.9. The minimum atomic E-state index is -1.03. The highest BCUT2D eigenvalue weighted by atomic mass is 16.8. The Morgan fingerprint density at radius 2 is 1.02 bits per heavy atom. The van der Waals surface area contributed by atoms with Crippen molar-refractivity contribution in [2.45, 2.75) is 130 Å².